The van der Waals surface area contributed by atoms with Crippen molar-refractivity contribution in [2.75, 3.05) is 0 Å². The summed E-state index contributed by atoms with van der Waals surface area (Å²) in [6.07, 6.45) is -2.88. The van der Waals surface area contributed by atoms with Crippen LogP contribution < -0.4 is 0 Å². The first-order valence-electron chi connectivity index (χ1n) is 4.88. The van der Waals surface area contributed by atoms with Gasteiger partial charge in [-0.05, 0) is 6.07 Å². The van der Waals surface area contributed by atoms with Gasteiger partial charge in [0.1, 0.15) is 5.56 Å². The number of rotatable bonds is 3. The number of alkyl halides is 1. The van der Waals surface area contributed by atoms with E-state index in [-0.39, 0.29) is 10.5 Å². The summed E-state index contributed by atoms with van der Waals surface area (Å²) in [5.74, 6) is -4.57. The van der Waals surface area contributed by atoms with Crippen LogP contribution in [0.3, 0.4) is 0 Å². The van der Waals surface area contributed by atoms with Crippen LogP contribution in [0, 0.1) is 10.1 Å². The van der Waals surface area contributed by atoms with Crippen LogP contribution >= 0.6 is 0 Å². The smallest absolute Gasteiger partial charge is 0.360 e. The Labute approximate surface area is 104 Å². The van der Waals surface area contributed by atoms with Gasteiger partial charge >= 0.3 is 5.97 Å². The van der Waals surface area contributed by atoms with Gasteiger partial charge in [-0.15, -0.1) is 0 Å². The Hall–Kier alpha value is -2.84. The minimum absolute atomic E-state index is 0.153. The molecule has 0 saturated heterocycles. The largest absolute Gasteiger partial charge is 0.478 e. The molecule has 0 aromatic heterocycles. The van der Waals surface area contributed by atoms with Crippen molar-refractivity contribution in [1.82, 2.24) is 4.90 Å². The molecular weight excluding hydrogens is 263 g/mol. The maximum absolute atomic E-state index is 13.3. The molecule has 8 nitrogen and oxygen atoms in total. The Bertz CT molecular complexity index is 628. The molecule has 19 heavy (non-hydrogen) atoms. The maximum Gasteiger partial charge on any atom is 0.360 e. The number of fused-ring (bicyclic) bond motifs is 1. The number of carbonyl (C=O) groups is 3. The molecule has 98 valence electrons. The molecule has 1 aliphatic rings. The van der Waals surface area contributed by atoms with E-state index in [9.17, 15) is 28.9 Å². The molecule has 0 fully saturated rings. The predicted molar refractivity (Wildman–Crippen MR) is 56.1 cm³/mol. The van der Waals surface area contributed by atoms with E-state index in [0.717, 1.165) is 18.2 Å². The van der Waals surface area contributed by atoms with Gasteiger partial charge in [0.15, 0.2) is 0 Å². The molecule has 1 N–H and O–H groups in total. The Kier molecular flexibility index (Phi) is 2.74. The zero-order valence-electron chi connectivity index (χ0n) is 9.07. The lowest BCUT2D eigenvalue weighted by Gasteiger charge is -2.14. The average molecular weight is 268 g/mol. The van der Waals surface area contributed by atoms with Gasteiger partial charge in [0, 0.05) is 6.07 Å². The molecule has 1 aliphatic heterocycles. The van der Waals surface area contributed by atoms with Crippen LogP contribution in [-0.4, -0.2) is 39.0 Å². The van der Waals surface area contributed by atoms with Crippen molar-refractivity contribution in [3.63, 3.8) is 0 Å². The van der Waals surface area contributed by atoms with E-state index < -0.39 is 40.3 Å². The van der Waals surface area contributed by atoms with E-state index in [2.05, 4.69) is 0 Å². The van der Waals surface area contributed by atoms with Gasteiger partial charge in [0.25, 0.3) is 23.8 Å². The number of carboxylic acids is 1. The Morgan fingerprint density at radius 1 is 1.37 bits per heavy atom. The normalized spacial score (nSPS) is 15.3. The number of hydrogen-bond donors (Lipinski definition) is 1. The summed E-state index contributed by atoms with van der Waals surface area (Å²) in [5.41, 5.74) is -1.65. The molecule has 1 heterocycles. The molecule has 0 bridgehead atoms. The lowest BCUT2D eigenvalue weighted by molar-refractivity contribution is -0.385. The Morgan fingerprint density at radius 3 is 2.53 bits per heavy atom. The van der Waals surface area contributed by atoms with Gasteiger partial charge in [-0.1, -0.05) is 6.07 Å². The third-order valence-corrected chi connectivity index (χ3v) is 2.55. The van der Waals surface area contributed by atoms with Crippen LogP contribution in [0.5, 0.6) is 0 Å². The zero-order chi connectivity index (χ0) is 14.3. The Morgan fingerprint density at radius 2 is 2.00 bits per heavy atom. The fourth-order valence-electron chi connectivity index (χ4n) is 1.75. The highest BCUT2D eigenvalue weighted by molar-refractivity contribution is 6.24. The molecule has 1 atom stereocenters. The summed E-state index contributed by atoms with van der Waals surface area (Å²) in [5, 5.41) is 19.2. The van der Waals surface area contributed by atoms with Crippen LogP contribution in [0.15, 0.2) is 18.2 Å². The van der Waals surface area contributed by atoms with Gasteiger partial charge in [0.2, 0.25) is 0 Å². The number of aliphatic carboxylic acids is 1. The topological polar surface area (TPSA) is 118 Å². The van der Waals surface area contributed by atoms with E-state index in [1.807, 2.05) is 0 Å². The maximum atomic E-state index is 13.3. The van der Waals surface area contributed by atoms with Crippen molar-refractivity contribution in [2.45, 2.75) is 6.30 Å². The quantitative estimate of drug-likeness (QED) is 0.370. The van der Waals surface area contributed by atoms with Gasteiger partial charge in [-0.25, -0.2) is 14.1 Å². The molecule has 1 unspecified atom stereocenters. The average Bonchev–Trinajstić information content (AvgIpc) is 2.61. The standard InChI is InChI=1S/C10H5FN2O6/c11-7(10(16)17)12-8(14)4-2-1-3-5(13(18)19)6(4)9(12)15/h1-3,7H,(H,16,17). The second-order valence-electron chi connectivity index (χ2n) is 3.61. The molecule has 1 aromatic rings. The molecular formula is C10H5FN2O6. The Balaban J connectivity index is 2.59. The second-order valence-corrected chi connectivity index (χ2v) is 3.61. The van der Waals surface area contributed by atoms with Crippen molar-refractivity contribution in [2.24, 2.45) is 0 Å². The van der Waals surface area contributed by atoms with Crippen LogP contribution in [0.4, 0.5) is 10.1 Å². The number of nitro benzene ring substituents is 1. The van der Waals surface area contributed by atoms with Crippen LogP contribution in [0.2, 0.25) is 0 Å². The van der Waals surface area contributed by atoms with Crippen LogP contribution in [0.1, 0.15) is 20.7 Å². The number of carbonyl (C=O) groups excluding carboxylic acids is 2. The van der Waals surface area contributed by atoms with E-state index >= 15 is 0 Å². The highest BCUT2D eigenvalue weighted by atomic mass is 19.1. The van der Waals surface area contributed by atoms with E-state index in [4.69, 9.17) is 5.11 Å². The first kappa shape index (κ1) is 12.6. The number of hydrogen-bond acceptors (Lipinski definition) is 5. The molecule has 0 radical (unpaired) electrons. The van der Waals surface area contributed by atoms with Gasteiger partial charge in [0.05, 0.1) is 10.5 Å². The summed E-state index contributed by atoms with van der Waals surface area (Å²) in [4.78, 5) is 43.7. The summed E-state index contributed by atoms with van der Waals surface area (Å²) in [6, 6.07) is 3.22. The summed E-state index contributed by atoms with van der Waals surface area (Å²) < 4.78 is 13.3. The highest BCUT2D eigenvalue weighted by Crippen LogP contribution is 2.32. The number of nitro groups is 1. The first-order chi connectivity index (χ1) is 8.86. The molecule has 9 heteroatoms. The summed E-state index contributed by atoms with van der Waals surface area (Å²) in [7, 11) is 0. The fraction of sp³-hybridized carbons (Fsp3) is 0.100. The van der Waals surface area contributed by atoms with Gasteiger partial charge in [-0.3, -0.25) is 19.7 Å². The molecule has 2 amide bonds. The third-order valence-electron chi connectivity index (χ3n) is 2.55. The van der Waals surface area contributed by atoms with E-state index in [1.165, 1.54) is 0 Å². The van der Waals surface area contributed by atoms with E-state index in [1.54, 1.807) is 0 Å². The van der Waals surface area contributed by atoms with Crippen LogP contribution in [0.25, 0.3) is 0 Å². The number of amides is 2. The zero-order valence-corrected chi connectivity index (χ0v) is 9.07. The summed E-state index contributed by atoms with van der Waals surface area (Å²) >= 11 is 0. The minimum atomic E-state index is -2.88. The highest BCUT2D eigenvalue weighted by Gasteiger charge is 2.46. The minimum Gasteiger partial charge on any atom is -0.478 e. The third kappa shape index (κ3) is 1.71. The number of carboxylic acid groups (broad SMARTS) is 1. The first-order valence-corrected chi connectivity index (χ1v) is 4.88. The number of imide groups is 1. The van der Waals surface area contributed by atoms with Crippen molar-refractivity contribution < 1.29 is 28.8 Å². The van der Waals surface area contributed by atoms with Gasteiger partial charge in [-0.2, -0.15) is 0 Å². The number of nitrogens with zero attached hydrogens (tertiary/aromatic N) is 2. The van der Waals surface area contributed by atoms with Crippen molar-refractivity contribution >= 4 is 23.5 Å². The second kappa shape index (κ2) is 4.12. The van der Waals surface area contributed by atoms with E-state index in [0.29, 0.717) is 0 Å². The number of halogens is 1. The lowest BCUT2D eigenvalue weighted by Crippen LogP contribution is -2.41. The predicted octanol–water partition coefficient (Wildman–Crippen LogP) is 0.571. The molecule has 0 aliphatic carbocycles. The monoisotopic (exact) mass is 268 g/mol. The van der Waals surface area contributed by atoms with Crippen molar-refractivity contribution in [3.8, 4) is 0 Å². The van der Waals surface area contributed by atoms with Crippen molar-refractivity contribution in [3.05, 3.63) is 39.4 Å². The lowest BCUT2D eigenvalue weighted by atomic mass is 10.1. The molecule has 1 aromatic carbocycles. The summed E-state index contributed by atoms with van der Waals surface area (Å²) in [6.45, 7) is 0. The van der Waals surface area contributed by atoms with Gasteiger partial charge < -0.3 is 5.11 Å². The molecule has 0 spiro atoms. The molecule has 0 saturated carbocycles. The number of benzene rings is 1. The fourth-order valence-corrected chi connectivity index (χ4v) is 1.75. The van der Waals surface area contributed by atoms with Crippen LogP contribution in [-0.2, 0) is 4.79 Å². The molecule has 2 rings (SSSR count). The van der Waals surface area contributed by atoms with Crippen molar-refractivity contribution in [1.29, 1.82) is 0 Å². The SMILES string of the molecule is O=C(O)C(F)N1C(=O)c2cccc([N+](=O)[O-])c2C1=O.